The van der Waals surface area contributed by atoms with Crippen LogP contribution < -0.4 is 0 Å². The van der Waals surface area contributed by atoms with Crippen LogP contribution in [0.4, 0.5) is 0 Å². The lowest BCUT2D eigenvalue weighted by atomic mass is 10.7. The third-order valence-corrected chi connectivity index (χ3v) is 3.61. The molecule has 0 spiro atoms. The third-order valence-electron chi connectivity index (χ3n) is 1.87. The van der Waals surface area contributed by atoms with E-state index in [-0.39, 0.29) is 0 Å². The standard InChI is InChI=1S/C12H30N5Si2/c1-16(2)11(14-18(5,6)7)13-12(17(3)4)15-19(8,9)10/h1-10H3/q-1. The monoisotopic (exact) mass is 300 g/mol. The maximum absolute atomic E-state index is 4.78. The molecule has 0 saturated carbocycles. The Balaban J connectivity index is 5.44. The molecule has 0 rings (SSSR count). The van der Waals surface area contributed by atoms with E-state index in [1.807, 2.05) is 38.0 Å². The van der Waals surface area contributed by atoms with Crippen LogP contribution >= 0.6 is 0 Å². The van der Waals surface area contributed by atoms with Gasteiger partial charge in [0.2, 0.25) is 0 Å². The topological polar surface area (TPSA) is 45.3 Å². The van der Waals surface area contributed by atoms with Gasteiger partial charge in [0.1, 0.15) is 5.96 Å². The summed E-state index contributed by atoms with van der Waals surface area (Å²) in [7, 11) is 4.80. The molecule has 0 fully saturated rings. The number of hydrogen-bond donors (Lipinski definition) is 0. The van der Waals surface area contributed by atoms with Gasteiger partial charge in [-0.15, -0.1) is 0 Å². The molecule has 0 atom stereocenters. The fourth-order valence-corrected chi connectivity index (χ4v) is 2.84. The van der Waals surface area contributed by atoms with Crippen LogP contribution in [0.25, 0.3) is 4.98 Å². The molecule has 5 nitrogen and oxygen atoms in total. The molecule has 0 unspecified atom stereocenters. The molecule has 0 aromatic rings. The molecule has 112 valence electrons. The summed E-state index contributed by atoms with van der Waals surface area (Å²) in [5.74, 6) is 1.54. The summed E-state index contributed by atoms with van der Waals surface area (Å²) in [5, 5.41) is 0. The summed E-state index contributed by atoms with van der Waals surface area (Å²) in [6.07, 6.45) is 0. The number of guanidine groups is 2. The summed E-state index contributed by atoms with van der Waals surface area (Å²) < 4.78 is 4.78. The first-order valence-corrected chi connectivity index (χ1v) is 13.5. The second-order valence-electron chi connectivity index (χ2n) is 7.07. The number of aliphatic imine (C=N–C) groups is 1. The van der Waals surface area contributed by atoms with Gasteiger partial charge in [0, 0.05) is 20.1 Å². The highest BCUT2D eigenvalue weighted by Crippen LogP contribution is 2.13. The van der Waals surface area contributed by atoms with Crippen molar-refractivity contribution in [3.05, 3.63) is 4.98 Å². The summed E-state index contributed by atoms with van der Waals surface area (Å²) in [6.45, 7) is 13.2. The molecule has 0 aliphatic heterocycles. The number of hydrogen-bond acceptors (Lipinski definition) is 1. The first-order chi connectivity index (χ1) is 8.32. The van der Waals surface area contributed by atoms with E-state index in [0.717, 1.165) is 11.9 Å². The van der Waals surface area contributed by atoms with Gasteiger partial charge in [-0.3, -0.25) is 0 Å². The van der Waals surface area contributed by atoms with Crippen molar-refractivity contribution in [2.45, 2.75) is 39.3 Å². The highest BCUT2D eigenvalue weighted by Gasteiger charge is 2.14. The van der Waals surface area contributed by atoms with E-state index in [1.54, 1.807) is 0 Å². The van der Waals surface area contributed by atoms with Gasteiger partial charge in [0.05, 0.1) is 8.24 Å². The van der Waals surface area contributed by atoms with Gasteiger partial charge < -0.3 is 24.4 Å². The molecular formula is C12H30N5Si2-. The Kier molecular flexibility index (Phi) is 6.27. The van der Waals surface area contributed by atoms with E-state index in [1.165, 1.54) is 0 Å². The van der Waals surface area contributed by atoms with Gasteiger partial charge in [-0.2, -0.15) is 0 Å². The van der Waals surface area contributed by atoms with E-state index in [9.17, 15) is 0 Å². The van der Waals surface area contributed by atoms with Crippen LogP contribution in [0, 0.1) is 0 Å². The molecule has 7 heteroatoms. The van der Waals surface area contributed by atoms with Crippen LogP contribution in [-0.2, 0) is 0 Å². The molecule has 19 heavy (non-hydrogen) atoms. The van der Waals surface area contributed by atoms with Crippen LogP contribution in [0.15, 0.2) is 9.65 Å². The van der Waals surface area contributed by atoms with Crippen LogP contribution in [0.2, 0.25) is 39.3 Å². The van der Waals surface area contributed by atoms with E-state index >= 15 is 0 Å². The summed E-state index contributed by atoms with van der Waals surface area (Å²) in [5.41, 5.74) is 0. The molecule has 0 aliphatic carbocycles. The number of nitrogens with zero attached hydrogens (tertiary/aromatic N) is 5. The van der Waals surface area contributed by atoms with Gasteiger partial charge >= 0.3 is 0 Å². The van der Waals surface area contributed by atoms with Crippen LogP contribution in [-0.4, -0.2) is 66.4 Å². The van der Waals surface area contributed by atoms with Crippen molar-refractivity contribution in [1.82, 2.24) is 9.80 Å². The number of rotatable bonds is 2. The molecule has 0 aliphatic rings. The maximum Gasteiger partial charge on any atom is 0.175 e. The summed E-state index contributed by atoms with van der Waals surface area (Å²) >= 11 is 0. The molecule has 0 aromatic heterocycles. The Hall–Kier alpha value is -0.826. The lowest BCUT2D eigenvalue weighted by molar-refractivity contribution is 0.601. The van der Waals surface area contributed by atoms with E-state index in [2.05, 4.69) is 44.3 Å². The molecule has 0 amide bonds. The Morgan fingerprint density at radius 1 is 0.842 bits per heavy atom. The summed E-state index contributed by atoms with van der Waals surface area (Å²) in [6, 6.07) is 0. The first kappa shape index (κ1) is 18.2. The zero-order valence-electron chi connectivity index (χ0n) is 14.2. The van der Waals surface area contributed by atoms with Crippen molar-refractivity contribution in [3.63, 3.8) is 0 Å². The SMILES string of the molecule is CN(C)C(=N\[Si](C)(C)C)/N=C(/[N-][Si](C)(C)C)N(C)C. The van der Waals surface area contributed by atoms with E-state index in [4.69, 9.17) is 9.64 Å². The fraction of sp³-hybridized carbons (Fsp3) is 0.833. The zero-order valence-corrected chi connectivity index (χ0v) is 16.2. The van der Waals surface area contributed by atoms with Gasteiger partial charge in [0.15, 0.2) is 8.24 Å². The average Bonchev–Trinajstić information content (AvgIpc) is 2.10. The molecule has 0 heterocycles. The van der Waals surface area contributed by atoms with Crippen molar-refractivity contribution in [2.24, 2.45) is 9.65 Å². The molecule has 0 N–H and O–H groups in total. The largest absolute Gasteiger partial charge is 0.432 e. The highest BCUT2D eigenvalue weighted by atomic mass is 28.3. The van der Waals surface area contributed by atoms with Crippen molar-refractivity contribution < 1.29 is 0 Å². The predicted octanol–water partition coefficient (Wildman–Crippen LogP) is 2.87. The van der Waals surface area contributed by atoms with Crippen molar-refractivity contribution in [1.29, 1.82) is 0 Å². The normalized spacial score (nSPS) is 14.4. The molecule has 0 saturated heterocycles. The fourth-order valence-electron chi connectivity index (χ4n) is 1.14. The van der Waals surface area contributed by atoms with Gasteiger partial charge in [-0.25, -0.2) is 0 Å². The second-order valence-corrected chi connectivity index (χ2v) is 16.2. The van der Waals surface area contributed by atoms with Crippen molar-refractivity contribution in [2.75, 3.05) is 28.2 Å². The second kappa shape index (κ2) is 6.56. The van der Waals surface area contributed by atoms with Crippen LogP contribution in [0.1, 0.15) is 0 Å². The zero-order chi connectivity index (χ0) is 15.4. The molecular weight excluding hydrogens is 270 g/mol. The highest BCUT2D eigenvalue weighted by molar-refractivity contribution is 6.84. The van der Waals surface area contributed by atoms with Crippen LogP contribution in [0.3, 0.4) is 0 Å². The molecule has 0 radical (unpaired) electrons. The maximum atomic E-state index is 4.78. The minimum atomic E-state index is -1.55. The van der Waals surface area contributed by atoms with E-state index in [0.29, 0.717) is 0 Å². The minimum absolute atomic E-state index is 0.768. The van der Waals surface area contributed by atoms with Gasteiger partial charge in [0.25, 0.3) is 0 Å². The lowest BCUT2D eigenvalue weighted by Crippen LogP contribution is -2.34. The smallest absolute Gasteiger partial charge is 0.175 e. The Labute approximate surface area is 121 Å². The predicted molar refractivity (Wildman–Crippen MR) is 92.3 cm³/mol. The Morgan fingerprint density at radius 2 is 1.32 bits per heavy atom. The quantitative estimate of drug-likeness (QED) is 0.447. The molecule has 0 bridgehead atoms. The summed E-state index contributed by atoms with van der Waals surface area (Å²) in [4.78, 5) is 13.4. The lowest BCUT2D eigenvalue weighted by Gasteiger charge is -2.34. The van der Waals surface area contributed by atoms with Gasteiger partial charge in [-0.1, -0.05) is 19.6 Å². The first-order valence-electron chi connectivity index (χ1n) is 6.58. The van der Waals surface area contributed by atoms with Gasteiger partial charge in [-0.05, 0) is 33.7 Å². The van der Waals surface area contributed by atoms with Crippen LogP contribution in [0.5, 0.6) is 0 Å². The van der Waals surface area contributed by atoms with E-state index < -0.39 is 16.5 Å². The Morgan fingerprint density at radius 3 is 1.58 bits per heavy atom. The third kappa shape index (κ3) is 8.82. The molecule has 0 aromatic carbocycles. The van der Waals surface area contributed by atoms with Crippen molar-refractivity contribution in [3.8, 4) is 0 Å². The van der Waals surface area contributed by atoms with Crippen molar-refractivity contribution >= 4 is 28.4 Å². The minimum Gasteiger partial charge on any atom is -0.432 e. The Bertz CT molecular complexity index is 348. The average molecular weight is 301 g/mol.